The van der Waals surface area contributed by atoms with Crippen molar-refractivity contribution in [2.24, 2.45) is 11.5 Å². The molecule has 2 amide bonds. The van der Waals surface area contributed by atoms with Crippen molar-refractivity contribution in [2.45, 2.75) is 6.54 Å². The summed E-state index contributed by atoms with van der Waals surface area (Å²) in [6.45, 7) is 0.759. The van der Waals surface area contributed by atoms with Crippen LogP contribution in [0.4, 0.5) is 10.1 Å². The summed E-state index contributed by atoms with van der Waals surface area (Å²) in [5.74, 6) is -0.915. The molecule has 0 unspecified atom stereocenters. The van der Waals surface area contributed by atoms with Gasteiger partial charge in [0.25, 0.3) is 11.8 Å². The lowest BCUT2D eigenvalue weighted by Crippen LogP contribution is -2.41. The Bertz CT molecular complexity index is 1240. The number of rotatable bonds is 6. The molecule has 9 nitrogen and oxygen atoms in total. The largest absolute Gasteiger partial charge is 0.403 e. The molecule has 12 heteroatoms. The summed E-state index contributed by atoms with van der Waals surface area (Å²) in [4.78, 5) is 30.7. The molecule has 1 aliphatic heterocycles. The normalized spacial score (nSPS) is 14.5. The first-order valence-electron chi connectivity index (χ1n) is 9.85. The zero-order valence-electron chi connectivity index (χ0n) is 17.3. The Morgan fingerprint density at radius 2 is 2.18 bits per heavy atom. The van der Waals surface area contributed by atoms with E-state index in [0.29, 0.717) is 33.7 Å². The van der Waals surface area contributed by atoms with E-state index in [1.165, 1.54) is 21.6 Å². The van der Waals surface area contributed by atoms with E-state index in [4.69, 9.17) is 27.8 Å². The van der Waals surface area contributed by atoms with Crippen LogP contribution in [0.2, 0.25) is 4.34 Å². The Kier molecular flexibility index (Phi) is 6.63. The number of thiophene rings is 1. The average Bonchev–Trinajstić information content (AvgIpc) is 3.43. The Balaban J connectivity index is 1.60. The average molecular weight is 491 g/mol. The second-order valence-corrected chi connectivity index (χ2v) is 8.78. The molecule has 0 aliphatic carbocycles. The van der Waals surface area contributed by atoms with Crippen LogP contribution in [0.1, 0.15) is 21.2 Å². The Morgan fingerprint density at radius 3 is 2.85 bits per heavy atom. The molecular formula is C21H20ClFN6O3S. The lowest BCUT2D eigenvalue weighted by atomic mass is 10.2. The fraction of sp³-hybridized carbons (Fsp3) is 0.190. The highest BCUT2D eigenvalue weighted by Crippen LogP contribution is 2.25. The van der Waals surface area contributed by atoms with Crippen molar-refractivity contribution >= 4 is 46.1 Å². The number of imidazole rings is 1. The van der Waals surface area contributed by atoms with E-state index in [-0.39, 0.29) is 42.2 Å². The molecule has 1 aromatic carbocycles. The van der Waals surface area contributed by atoms with Gasteiger partial charge in [-0.25, -0.2) is 9.37 Å². The lowest BCUT2D eigenvalue weighted by molar-refractivity contribution is -0.125. The summed E-state index contributed by atoms with van der Waals surface area (Å²) in [5.41, 5.74) is 12.7. The maximum absolute atomic E-state index is 15.1. The molecule has 0 radical (unpaired) electrons. The zero-order chi connectivity index (χ0) is 23.5. The number of hydrogen-bond donors (Lipinski definition) is 3. The minimum Gasteiger partial charge on any atom is -0.403 e. The fourth-order valence-corrected chi connectivity index (χ4v) is 4.28. The smallest absolute Gasteiger partial charge is 0.261 e. The van der Waals surface area contributed by atoms with Crippen molar-refractivity contribution in [1.82, 2.24) is 14.9 Å². The number of halogens is 2. The molecular weight excluding hydrogens is 471 g/mol. The minimum atomic E-state index is -0.584. The maximum atomic E-state index is 15.1. The number of carbonyl (C=O) groups excluding carboxylic acids is 2. The second-order valence-electron chi connectivity index (χ2n) is 7.07. The molecule has 1 saturated heterocycles. The van der Waals surface area contributed by atoms with Gasteiger partial charge >= 0.3 is 0 Å². The SMILES string of the molecule is N/C=C(\N)c1nc(CNC(=O)c2ccc(Cl)s2)cn1-c1ccc(N2CCOCC2=O)cc1F. The van der Waals surface area contributed by atoms with E-state index in [1.807, 2.05) is 0 Å². The molecule has 0 atom stereocenters. The summed E-state index contributed by atoms with van der Waals surface area (Å²) in [5, 5.41) is 2.74. The highest BCUT2D eigenvalue weighted by Gasteiger charge is 2.22. The number of anilines is 1. The highest BCUT2D eigenvalue weighted by molar-refractivity contribution is 7.17. The first-order valence-corrected chi connectivity index (χ1v) is 11.0. The number of amides is 2. The Morgan fingerprint density at radius 1 is 1.36 bits per heavy atom. The third kappa shape index (κ3) is 4.85. The first kappa shape index (κ1) is 22.8. The third-order valence-electron chi connectivity index (χ3n) is 4.91. The number of carbonyl (C=O) groups is 2. The number of benzene rings is 1. The first-order chi connectivity index (χ1) is 15.9. The molecule has 0 spiro atoms. The van der Waals surface area contributed by atoms with Gasteiger partial charge in [-0.15, -0.1) is 11.3 Å². The molecule has 5 N–H and O–H groups in total. The third-order valence-corrected chi connectivity index (χ3v) is 6.14. The Labute approximate surface area is 197 Å². The van der Waals surface area contributed by atoms with Crippen LogP contribution in [-0.4, -0.2) is 41.1 Å². The molecule has 172 valence electrons. The minimum absolute atomic E-state index is 0.0420. The lowest BCUT2D eigenvalue weighted by Gasteiger charge is -2.27. The van der Waals surface area contributed by atoms with Crippen LogP contribution < -0.4 is 21.7 Å². The van der Waals surface area contributed by atoms with Gasteiger partial charge < -0.3 is 26.4 Å². The summed E-state index contributed by atoms with van der Waals surface area (Å²) in [6.07, 6.45) is 2.72. The summed E-state index contributed by atoms with van der Waals surface area (Å²) in [7, 11) is 0. The number of hydrogen-bond acceptors (Lipinski definition) is 7. The summed E-state index contributed by atoms with van der Waals surface area (Å²) < 4.78 is 22.2. The topological polar surface area (TPSA) is 128 Å². The maximum Gasteiger partial charge on any atom is 0.261 e. The van der Waals surface area contributed by atoms with Crippen LogP contribution in [0, 0.1) is 5.82 Å². The van der Waals surface area contributed by atoms with Crippen molar-refractivity contribution in [2.75, 3.05) is 24.7 Å². The second kappa shape index (κ2) is 9.61. The highest BCUT2D eigenvalue weighted by atomic mass is 35.5. The van der Waals surface area contributed by atoms with Gasteiger partial charge in [-0.05, 0) is 30.3 Å². The quantitative estimate of drug-likeness (QED) is 0.486. The molecule has 1 fully saturated rings. The Hall–Kier alpha value is -3.41. The van der Waals surface area contributed by atoms with Crippen molar-refractivity contribution in [1.29, 1.82) is 0 Å². The molecule has 3 heterocycles. The van der Waals surface area contributed by atoms with Crippen molar-refractivity contribution in [3.63, 3.8) is 0 Å². The predicted molar refractivity (Wildman–Crippen MR) is 124 cm³/mol. The number of aromatic nitrogens is 2. The molecule has 33 heavy (non-hydrogen) atoms. The molecule has 4 rings (SSSR count). The number of nitrogens with two attached hydrogens (primary N) is 2. The van der Waals surface area contributed by atoms with Crippen LogP contribution in [0.15, 0.2) is 42.7 Å². The van der Waals surface area contributed by atoms with E-state index in [9.17, 15) is 9.59 Å². The van der Waals surface area contributed by atoms with Gasteiger partial charge in [0.2, 0.25) is 0 Å². The van der Waals surface area contributed by atoms with Gasteiger partial charge in [-0.1, -0.05) is 11.6 Å². The van der Waals surface area contributed by atoms with E-state index in [1.54, 1.807) is 24.4 Å². The van der Waals surface area contributed by atoms with Gasteiger partial charge in [-0.3, -0.25) is 14.2 Å². The molecule has 0 bridgehead atoms. The van der Waals surface area contributed by atoms with E-state index >= 15 is 4.39 Å². The van der Waals surface area contributed by atoms with E-state index < -0.39 is 5.82 Å². The van der Waals surface area contributed by atoms with Crippen LogP contribution in [-0.2, 0) is 16.1 Å². The van der Waals surface area contributed by atoms with Crippen LogP contribution >= 0.6 is 22.9 Å². The van der Waals surface area contributed by atoms with E-state index in [2.05, 4.69) is 10.3 Å². The van der Waals surface area contributed by atoms with Crippen molar-refractivity contribution in [3.05, 3.63) is 69.3 Å². The number of nitrogens with one attached hydrogen (secondary N) is 1. The molecule has 2 aromatic heterocycles. The van der Waals surface area contributed by atoms with Crippen LogP contribution in [0.3, 0.4) is 0 Å². The predicted octanol–water partition coefficient (Wildman–Crippen LogP) is 2.24. The molecule has 1 aliphatic rings. The standard InChI is InChI=1S/C21H20ClFN6O3S/c22-18-4-3-17(33-18)21(31)26-9-12-10-29(20(27-12)15(25)8-24)16-2-1-13(7-14(16)23)28-5-6-32-11-19(28)30/h1-4,7-8,10H,5-6,9,11,24-25H2,(H,26,31)/b15-8-. The molecule has 0 saturated carbocycles. The van der Waals surface area contributed by atoms with Crippen LogP contribution in [0.5, 0.6) is 0 Å². The van der Waals surface area contributed by atoms with Crippen molar-refractivity contribution < 1.29 is 18.7 Å². The van der Waals surface area contributed by atoms with E-state index in [0.717, 1.165) is 17.5 Å². The van der Waals surface area contributed by atoms with Gasteiger partial charge in [0, 0.05) is 24.6 Å². The van der Waals surface area contributed by atoms with Gasteiger partial charge in [0.1, 0.15) is 12.4 Å². The summed E-state index contributed by atoms with van der Waals surface area (Å²) in [6, 6.07) is 7.69. The number of morpholine rings is 1. The zero-order valence-corrected chi connectivity index (χ0v) is 18.8. The fourth-order valence-electron chi connectivity index (χ4n) is 3.32. The van der Waals surface area contributed by atoms with Gasteiger partial charge in [0.05, 0.1) is 39.4 Å². The van der Waals surface area contributed by atoms with Gasteiger partial charge in [-0.2, -0.15) is 0 Å². The van der Waals surface area contributed by atoms with Crippen molar-refractivity contribution in [3.8, 4) is 5.69 Å². The summed E-state index contributed by atoms with van der Waals surface area (Å²) >= 11 is 7.03. The molecule has 3 aromatic rings. The monoisotopic (exact) mass is 490 g/mol. The number of ether oxygens (including phenoxy) is 1. The number of nitrogens with zero attached hydrogens (tertiary/aromatic N) is 3. The van der Waals surface area contributed by atoms with Crippen LogP contribution in [0.25, 0.3) is 11.4 Å². The van der Waals surface area contributed by atoms with Gasteiger partial charge in [0.15, 0.2) is 5.82 Å².